The fourth-order valence-corrected chi connectivity index (χ4v) is 12.9. The van der Waals surface area contributed by atoms with Crippen LogP contribution in [0.25, 0.3) is 11.1 Å². The summed E-state index contributed by atoms with van der Waals surface area (Å²) in [5, 5.41) is 0. The maximum atomic E-state index is 14.9. The Bertz CT molecular complexity index is 1440. The van der Waals surface area contributed by atoms with Crippen molar-refractivity contribution in [1.29, 1.82) is 0 Å². The number of halogens is 2. The Balaban J connectivity index is 1.51. The molecule has 8 heteroatoms. The number of thiophene rings is 2. The summed E-state index contributed by atoms with van der Waals surface area (Å²) in [4.78, 5) is 35.9. The molecule has 0 radical (unpaired) electrons. The van der Waals surface area contributed by atoms with Crippen LogP contribution in [0.2, 0.25) is 0 Å². The summed E-state index contributed by atoms with van der Waals surface area (Å²) in [5.74, 6) is 1.02. The van der Waals surface area contributed by atoms with E-state index in [0.29, 0.717) is 23.0 Å². The number of nitrogens with zero attached hydrogens (tertiary/aromatic N) is 2. The smallest absolute Gasteiger partial charge is 0.260 e. The van der Waals surface area contributed by atoms with Crippen LogP contribution in [-0.2, 0) is 9.59 Å². The lowest BCUT2D eigenvalue weighted by Crippen LogP contribution is -2.34. The minimum Gasteiger partial charge on any atom is -0.306 e. The summed E-state index contributed by atoms with van der Waals surface area (Å²) < 4.78 is 2.05. The Kier molecular flexibility index (Phi) is 26.0. The standard InChI is InChI=1S/C52H84Br2N2O2S2/c1-5-9-13-17-21-23-27-31-35-41(33-29-25-19-15-11-7-3)39-55-43-37-45(53)59-49(43)47(51(55)57)48-50-44(38-46(54)60-50)56(52(48)58)40-42(34-30-26-20-16-12-8-4)36-32-28-24-22-18-14-10-6-2/h37-38,41-42H,5-36,39-40H2,1-4H3. The van der Waals surface area contributed by atoms with Crippen LogP contribution in [0.1, 0.15) is 243 Å². The maximum Gasteiger partial charge on any atom is 0.260 e. The second-order valence-electron chi connectivity index (χ2n) is 18.5. The number of hydrogen-bond donors (Lipinski definition) is 0. The van der Waals surface area contributed by atoms with Crippen LogP contribution in [-0.4, -0.2) is 24.9 Å². The number of anilines is 2. The Morgan fingerprint density at radius 2 is 0.667 bits per heavy atom. The van der Waals surface area contributed by atoms with Gasteiger partial charge in [-0.3, -0.25) is 9.59 Å². The number of carbonyl (C=O) groups excluding carboxylic acids is 2. The summed E-state index contributed by atoms with van der Waals surface area (Å²) in [5.41, 5.74) is 3.29. The van der Waals surface area contributed by atoms with Crippen molar-refractivity contribution in [3.05, 3.63) is 29.5 Å². The first-order valence-corrected chi connectivity index (χ1v) is 28.5. The summed E-state index contributed by atoms with van der Waals surface area (Å²) in [6.07, 6.45) is 41.4. The highest BCUT2D eigenvalue weighted by Gasteiger charge is 2.45. The first kappa shape index (κ1) is 51.7. The molecule has 0 fully saturated rings. The Labute approximate surface area is 393 Å². The molecular formula is C52H84Br2N2O2S2. The highest BCUT2D eigenvalue weighted by atomic mass is 79.9. The van der Waals surface area contributed by atoms with E-state index in [1.165, 1.54) is 205 Å². The average Bonchev–Trinajstić information content (AvgIpc) is 3.93. The number of hydrogen-bond acceptors (Lipinski definition) is 4. The molecule has 0 N–H and O–H groups in total. The second-order valence-corrected chi connectivity index (χ2v) is 23.3. The molecule has 2 aliphatic heterocycles. The van der Waals surface area contributed by atoms with Gasteiger partial charge in [0.1, 0.15) is 0 Å². The van der Waals surface area contributed by atoms with E-state index in [1.54, 1.807) is 22.7 Å². The van der Waals surface area contributed by atoms with Crippen molar-refractivity contribution in [3.63, 3.8) is 0 Å². The van der Waals surface area contributed by atoms with E-state index >= 15 is 0 Å². The van der Waals surface area contributed by atoms with Gasteiger partial charge in [0.05, 0.1) is 39.8 Å². The van der Waals surface area contributed by atoms with Crippen LogP contribution in [0.4, 0.5) is 11.4 Å². The predicted molar refractivity (Wildman–Crippen MR) is 273 cm³/mol. The molecule has 2 aromatic rings. The van der Waals surface area contributed by atoms with E-state index in [4.69, 9.17) is 0 Å². The van der Waals surface area contributed by atoms with E-state index in [9.17, 15) is 9.59 Å². The van der Waals surface area contributed by atoms with E-state index in [0.717, 1.165) is 41.8 Å². The molecular weight excluding hydrogens is 909 g/mol. The maximum absolute atomic E-state index is 14.9. The molecule has 0 aliphatic carbocycles. The number of unbranched alkanes of at least 4 members (excludes halogenated alkanes) is 24. The highest BCUT2D eigenvalue weighted by Crippen LogP contribution is 2.53. The zero-order chi connectivity index (χ0) is 43.0. The van der Waals surface area contributed by atoms with Crippen LogP contribution in [0.15, 0.2) is 19.7 Å². The molecule has 2 aliphatic rings. The molecule has 0 bridgehead atoms. The summed E-state index contributed by atoms with van der Waals surface area (Å²) >= 11 is 10.9. The molecule has 0 spiro atoms. The Hall–Kier alpha value is -0.960. The van der Waals surface area contributed by atoms with Gasteiger partial charge in [0.15, 0.2) is 0 Å². The van der Waals surface area contributed by atoms with Crippen molar-refractivity contribution in [3.8, 4) is 0 Å². The first-order chi connectivity index (χ1) is 29.3. The molecule has 2 unspecified atom stereocenters. The fourth-order valence-electron chi connectivity index (χ4n) is 9.68. The van der Waals surface area contributed by atoms with Gasteiger partial charge < -0.3 is 9.80 Å². The quantitative estimate of drug-likeness (QED) is 0.0504. The van der Waals surface area contributed by atoms with Gasteiger partial charge in [0.25, 0.3) is 11.8 Å². The topological polar surface area (TPSA) is 40.6 Å². The van der Waals surface area contributed by atoms with Gasteiger partial charge >= 0.3 is 0 Å². The lowest BCUT2D eigenvalue weighted by Gasteiger charge is -2.25. The molecule has 0 saturated carbocycles. The molecule has 2 aromatic heterocycles. The second kappa shape index (κ2) is 30.2. The zero-order valence-corrected chi connectivity index (χ0v) is 43.4. The molecule has 2 atom stereocenters. The Morgan fingerprint density at radius 1 is 0.417 bits per heavy atom. The van der Waals surface area contributed by atoms with Crippen molar-refractivity contribution >= 4 is 88.9 Å². The van der Waals surface area contributed by atoms with Crippen molar-refractivity contribution < 1.29 is 9.59 Å². The lowest BCUT2D eigenvalue weighted by atomic mass is 9.93. The zero-order valence-electron chi connectivity index (χ0n) is 38.6. The monoisotopic (exact) mass is 990 g/mol. The van der Waals surface area contributed by atoms with Gasteiger partial charge in [-0.05, 0) is 81.5 Å². The molecule has 4 nitrogen and oxygen atoms in total. The Morgan fingerprint density at radius 3 is 0.933 bits per heavy atom. The van der Waals surface area contributed by atoms with E-state index in [-0.39, 0.29) is 11.8 Å². The summed E-state index contributed by atoms with van der Waals surface area (Å²) in [7, 11) is 0. The van der Waals surface area contributed by atoms with Crippen molar-refractivity contribution in [1.82, 2.24) is 0 Å². The van der Waals surface area contributed by atoms with Crippen molar-refractivity contribution in [2.45, 2.75) is 233 Å². The third kappa shape index (κ3) is 16.9. The molecule has 4 rings (SSSR count). The number of rotatable bonds is 36. The van der Waals surface area contributed by atoms with Gasteiger partial charge in [0.2, 0.25) is 0 Å². The number of fused-ring (bicyclic) bond motifs is 2. The summed E-state index contributed by atoms with van der Waals surface area (Å²) in [6.45, 7) is 10.6. The average molecular weight is 993 g/mol. The van der Waals surface area contributed by atoms with Crippen LogP contribution in [0.3, 0.4) is 0 Å². The van der Waals surface area contributed by atoms with E-state index in [1.807, 2.05) is 0 Å². The number of amides is 2. The molecule has 0 saturated heterocycles. The predicted octanol–water partition coefficient (Wildman–Crippen LogP) is 18.7. The van der Waals surface area contributed by atoms with E-state index in [2.05, 4.69) is 81.5 Å². The molecule has 340 valence electrons. The number of carbonyl (C=O) groups is 2. The van der Waals surface area contributed by atoms with Crippen LogP contribution < -0.4 is 9.80 Å². The molecule has 60 heavy (non-hydrogen) atoms. The van der Waals surface area contributed by atoms with Gasteiger partial charge in [-0.15, -0.1) is 22.7 Å². The summed E-state index contributed by atoms with van der Waals surface area (Å²) in [6, 6.07) is 4.29. The molecule has 4 heterocycles. The fraction of sp³-hybridized carbons (Fsp3) is 0.769. The van der Waals surface area contributed by atoms with E-state index < -0.39 is 0 Å². The largest absolute Gasteiger partial charge is 0.306 e. The minimum absolute atomic E-state index is 0.0378. The van der Waals surface area contributed by atoms with Gasteiger partial charge in [-0.2, -0.15) is 0 Å². The molecule has 0 aromatic carbocycles. The van der Waals surface area contributed by atoms with Crippen LogP contribution >= 0.6 is 54.5 Å². The SMILES string of the molecule is CCCCCCCCCCC(CCCCCCCC)CN1C(=O)C(=C2C(=O)N(CC(CCCCCCCC)CCCCCCCCCC)c3cc(Br)sc32)c2sc(Br)cc21. The third-order valence-electron chi connectivity index (χ3n) is 13.3. The van der Waals surface area contributed by atoms with Gasteiger partial charge in [0, 0.05) is 13.1 Å². The highest BCUT2D eigenvalue weighted by molar-refractivity contribution is 9.11. The van der Waals surface area contributed by atoms with Crippen LogP contribution in [0.5, 0.6) is 0 Å². The normalized spacial score (nSPS) is 16.1. The van der Waals surface area contributed by atoms with Crippen LogP contribution in [0, 0.1) is 11.8 Å². The van der Waals surface area contributed by atoms with Gasteiger partial charge in [-0.1, -0.05) is 207 Å². The molecule has 2 amide bonds. The van der Waals surface area contributed by atoms with Crippen molar-refractivity contribution in [2.75, 3.05) is 22.9 Å². The van der Waals surface area contributed by atoms with Gasteiger partial charge in [-0.25, -0.2) is 0 Å². The lowest BCUT2D eigenvalue weighted by molar-refractivity contribution is -0.114. The minimum atomic E-state index is 0.0378. The third-order valence-corrected chi connectivity index (χ3v) is 16.6. The first-order valence-electron chi connectivity index (χ1n) is 25.3. The van der Waals surface area contributed by atoms with Crippen molar-refractivity contribution in [2.24, 2.45) is 11.8 Å².